The van der Waals surface area contributed by atoms with Crippen LogP contribution in [-0.4, -0.2) is 34.4 Å². The van der Waals surface area contributed by atoms with Crippen LogP contribution in [0.4, 0.5) is 4.48 Å². The molecule has 0 radical (unpaired) electrons. The maximum absolute atomic E-state index is 12.8. The lowest BCUT2D eigenvalue weighted by molar-refractivity contribution is -0.149. The molecule has 0 spiro atoms. The number of carbonyl (C=O) groups is 1. The molecule has 0 saturated heterocycles. The van der Waals surface area contributed by atoms with E-state index in [2.05, 4.69) is 0 Å². The number of hydrogen-bond acceptors (Lipinski definition) is 3. The second-order valence-corrected chi connectivity index (χ2v) is 3.25. The normalized spacial score (nSPS) is 12.7. The van der Waals surface area contributed by atoms with Gasteiger partial charge in [0, 0.05) is 13.5 Å². The predicted molar refractivity (Wildman–Crippen MR) is 52.1 cm³/mol. The van der Waals surface area contributed by atoms with Gasteiger partial charge in [-0.25, -0.2) is 0 Å². The largest absolute Gasteiger partial charge is 0.508 e. The molecule has 0 bridgehead atoms. The van der Waals surface area contributed by atoms with E-state index in [1.54, 1.807) is 12.1 Å². The number of rotatable bonds is 4. The van der Waals surface area contributed by atoms with Gasteiger partial charge in [0.05, 0.1) is 0 Å². The van der Waals surface area contributed by atoms with Crippen molar-refractivity contribution in [1.29, 1.82) is 0 Å². The average Bonchev–Trinajstić information content (AvgIpc) is 2.15. The molecule has 0 aliphatic carbocycles. The zero-order valence-electron chi connectivity index (χ0n) is 8.22. The molecule has 1 atom stereocenters. The Bertz CT molecular complexity index is 337. The summed E-state index contributed by atoms with van der Waals surface area (Å²) in [6.45, 7) is 0. The van der Waals surface area contributed by atoms with E-state index in [1.165, 1.54) is 12.1 Å². The number of benzene rings is 1. The van der Waals surface area contributed by atoms with Crippen molar-refractivity contribution in [2.45, 2.75) is 12.5 Å². The predicted octanol–water partition coefficient (Wildman–Crippen LogP) is 1.20. The van der Waals surface area contributed by atoms with Crippen LogP contribution in [-0.2, 0) is 11.2 Å². The molecule has 1 aromatic carbocycles. The Kier molecular flexibility index (Phi) is 3.62. The van der Waals surface area contributed by atoms with Crippen LogP contribution >= 0.6 is 0 Å². The fourth-order valence-corrected chi connectivity index (χ4v) is 1.22. The number of carboxylic acid groups (broad SMARTS) is 1. The highest BCUT2D eigenvalue weighted by Gasteiger charge is 2.22. The fourth-order valence-electron chi connectivity index (χ4n) is 1.22. The molecule has 0 aliphatic rings. The smallest absolute Gasteiger partial charge is 0.323 e. The topological polar surface area (TPSA) is 60.8 Å². The monoisotopic (exact) mass is 213 g/mol. The van der Waals surface area contributed by atoms with E-state index in [4.69, 9.17) is 10.2 Å². The summed E-state index contributed by atoms with van der Waals surface area (Å²) in [6.07, 6.45) is 0.0581. The van der Waals surface area contributed by atoms with Crippen LogP contribution in [0.25, 0.3) is 0 Å². The van der Waals surface area contributed by atoms with Crippen molar-refractivity contribution in [2.75, 3.05) is 7.05 Å². The third-order valence-electron chi connectivity index (χ3n) is 2.08. The van der Waals surface area contributed by atoms with Gasteiger partial charge in [-0.3, -0.25) is 4.79 Å². The van der Waals surface area contributed by atoms with Crippen molar-refractivity contribution in [1.82, 2.24) is 5.12 Å². The molecule has 1 aromatic rings. The van der Waals surface area contributed by atoms with Gasteiger partial charge in [0.15, 0.2) is 0 Å². The number of hydrogen-bond donors (Lipinski definition) is 2. The molecule has 82 valence electrons. The van der Waals surface area contributed by atoms with Crippen molar-refractivity contribution >= 4 is 5.97 Å². The zero-order valence-corrected chi connectivity index (χ0v) is 8.22. The molecule has 0 saturated carbocycles. The SMILES string of the molecule is CN(F)[C@H](Cc1ccc(O)cc1)C(=O)O. The number of aromatic hydroxyl groups is 1. The number of aliphatic carboxylic acids is 1. The Morgan fingerprint density at radius 2 is 2.00 bits per heavy atom. The number of carboxylic acids is 1. The summed E-state index contributed by atoms with van der Waals surface area (Å²) in [4.78, 5) is 10.7. The van der Waals surface area contributed by atoms with E-state index in [-0.39, 0.29) is 17.3 Å². The molecule has 0 fully saturated rings. The van der Waals surface area contributed by atoms with Crippen molar-refractivity contribution in [3.63, 3.8) is 0 Å². The maximum Gasteiger partial charge on any atom is 0.323 e. The molecule has 2 N–H and O–H groups in total. The molecule has 1 rings (SSSR count). The lowest BCUT2D eigenvalue weighted by atomic mass is 10.1. The van der Waals surface area contributed by atoms with Crippen LogP contribution in [0.2, 0.25) is 0 Å². The number of nitrogens with zero attached hydrogens (tertiary/aromatic N) is 1. The average molecular weight is 213 g/mol. The minimum absolute atomic E-state index is 0.0581. The molecule has 0 heterocycles. The van der Waals surface area contributed by atoms with Gasteiger partial charge in [0.1, 0.15) is 11.8 Å². The second kappa shape index (κ2) is 4.75. The van der Waals surface area contributed by atoms with Gasteiger partial charge in [-0.15, -0.1) is 9.60 Å². The van der Waals surface area contributed by atoms with Gasteiger partial charge in [-0.2, -0.15) is 0 Å². The van der Waals surface area contributed by atoms with Gasteiger partial charge in [-0.1, -0.05) is 12.1 Å². The zero-order chi connectivity index (χ0) is 11.4. The van der Waals surface area contributed by atoms with Gasteiger partial charge in [-0.05, 0) is 17.7 Å². The first-order valence-electron chi connectivity index (χ1n) is 4.40. The number of phenolic OH excluding ortho intramolecular Hbond substituents is 1. The minimum atomic E-state index is -1.21. The summed E-state index contributed by atoms with van der Waals surface area (Å²) < 4.78 is 12.8. The number of halogens is 1. The fraction of sp³-hybridized carbons (Fsp3) is 0.300. The van der Waals surface area contributed by atoms with Gasteiger partial charge < -0.3 is 10.2 Å². The first-order valence-corrected chi connectivity index (χ1v) is 4.40. The van der Waals surface area contributed by atoms with Crippen LogP contribution in [0.3, 0.4) is 0 Å². The Balaban J connectivity index is 2.74. The number of likely N-dealkylation sites (N-methyl/N-ethyl adjacent to an activating group) is 1. The molecular formula is C10H12FNO3. The Morgan fingerprint density at radius 3 is 2.40 bits per heavy atom. The molecule has 0 aromatic heterocycles. The summed E-state index contributed by atoms with van der Waals surface area (Å²) in [5.74, 6) is -1.12. The van der Waals surface area contributed by atoms with E-state index in [9.17, 15) is 9.28 Å². The third-order valence-corrected chi connectivity index (χ3v) is 2.08. The van der Waals surface area contributed by atoms with Crippen molar-refractivity contribution in [3.05, 3.63) is 29.8 Å². The Labute approximate surface area is 86.5 Å². The highest BCUT2D eigenvalue weighted by Crippen LogP contribution is 2.13. The second-order valence-electron chi connectivity index (χ2n) is 3.25. The maximum atomic E-state index is 12.8. The number of phenols is 1. The van der Waals surface area contributed by atoms with Gasteiger partial charge in [0.2, 0.25) is 0 Å². The molecule has 0 amide bonds. The molecular weight excluding hydrogens is 201 g/mol. The van der Waals surface area contributed by atoms with Gasteiger partial charge in [0.25, 0.3) is 0 Å². The lowest BCUT2D eigenvalue weighted by Crippen LogP contribution is -2.34. The van der Waals surface area contributed by atoms with Crippen LogP contribution in [0, 0.1) is 0 Å². The van der Waals surface area contributed by atoms with E-state index in [1.807, 2.05) is 0 Å². The van der Waals surface area contributed by atoms with Crippen molar-refractivity contribution in [3.8, 4) is 5.75 Å². The molecule has 0 unspecified atom stereocenters. The summed E-state index contributed by atoms with van der Waals surface area (Å²) in [7, 11) is 1.07. The summed E-state index contributed by atoms with van der Waals surface area (Å²) in [6, 6.07) is 4.80. The standard InChI is InChI=1S/C10H12FNO3/c1-12(11)9(10(14)15)6-7-2-4-8(13)5-3-7/h2-5,9,13H,6H2,1H3,(H,14,15)/t9-/m1/s1. The summed E-state index contributed by atoms with van der Waals surface area (Å²) >= 11 is 0. The first-order chi connectivity index (χ1) is 7.00. The molecule has 5 heteroatoms. The van der Waals surface area contributed by atoms with E-state index < -0.39 is 12.0 Å². The van der Waals surface area contributed by atoms with Crippen LogP contribution < -0.4 is 0 Å². The quantitative estimate of drug-likeness (QED) is 0.738. The summed E-state index contributed by atoms with van der Waals surface area (Å²) in [5.41, 5.74) is 0.657. The van der Waals surface area contributed by atoms with Crippen LogP contribution in [0.1, 0.15) is 5.56 Å². The minimum Gasteiger partial charge on any atom is -0.508 e. The molecule has 0 aliphatic heterocycles. The highest BCUT2D eigenvalue weighted by atomic mass is 19.2. The first kappa shape index (κ1) is 11.5. The summed E-state index contributed by atoms with van der Waals surface area (Å²) in [5, 5.41) is 17.9. The molecule has 15 heavy (non-hydrogen) atoms. The lowest BCUT2D eigenvalue weighted by Gasteiger charge is -2.15. The van der Waals surface area contributed by atoms with Crippen LogP contribution in [0.15, 0.2) is 24.3 Å². The van der Waals surface area contributed by atoms with Crippen LogP contribution in [0.5, 0.6) is 5.75 Å². The highest BCUT2D eigenvalue weighted by molar-refractivity contribution is 5.73. The van der Waals surface area contributed by atoms with E-state index in [0.717, 1.165) is 7.05 Å². The third kappa shape index (κ3) is 3.21. The van der Waals surface area contributed by atoms with E-state index in [0.29, 0.717) is 5.56 Å². The Morgan fingerprint density at radius 1 is 1.47 bits per heavy atom. The molecule has 4 nitrogen and oxygen atoms in total. The van der Waals surface area contributed by atoms with Gasteiger partial charge >= 0.3 is 5.97 Å². The van der Waals surface area contributed by atoms with Crippen molar-refractivity contribution in [2.24, 2.45) is 0 Å². The van der Waals surface area contributed by atoms with Crippen molar-refractivity contribution < 1.29 is 19.5 Å². The van der Waals surface area contributed by atoms with E-state index >= 15 is 0 Å². The Hall–Kier alpha value is -1.62.